The zero-order valence-corrected chi connectivity index (χ0v) is 9.93. The van der Waals surface area contributed by atoms with Crippen LogP contribution in [0.1, 0.15) is 25.7 Å². The molecule has 2 fully saturated rings. The first-order valence-corrected chi connectivity index (χ1v) is 6.41. The average molecular weight is 234 g/mol. The van der Waals surface area contributed by atoms with Crippen molar-refractivity contribution in [2.75, 3.05) is 19.8 Å². The summed E-state index contributed by atoms with van der Waals surface area (Å²) in [5.74, 6) is 0.373. The van der Waals surface area contributed by atoms with E-state index in [2.05, 4.69) is 21.4 Å². The monoisotopic (exact) mass is 234 g/mol. The molecular weight excluding hydrogens is 216 g/mol. The summed E-state index contributed by atoms with van der Waals surface area (Å²) in [6, 6.07) is 0.482. The Morgan fingerprint density at radius 2 is 2.53 bits per heavy atom. The molecule has 17 heavy (non-hydrogen) atoms. The Kier molecular flexibility index (Phi) is 2.82. The van der Waals surface area contributed by atoms with Crippen LogP contribution in [0.3, 0.4) is 0 Å². The van der Waals surface area contributed by atoms with Crippen LogP contribution in [0, 0.1) is 5.92 Å². The van der Waals surface area contributed by atoms with Crippen LogP contribution in [-0.2, 0) is 4.74 Å². The van der Waals surface area contributed by atoms with Crippen LogP contribution < -0.4 is 5.32 Å². The fourth-order valence-electron chi connectivity index (χ4n) is 3.36. The van der Waals surface area contributed by atoms with Gasteiger partial charge in [-0.25, -0.2) is 0 Å². The summed E-state index contributed by atoms with van der Waals surface area (Å²) in [5.41, 5.74) is 9.92. The second kappa shape index (κ2) is 4.33. The second-order valence-corrected chi connectivity index (χ2v) is 5.35. The SMILES string of the molecule is [N-]=[N+]=NC[C@]12COC[C@@H]1C=C1CCCC[C@@H]1N2. The fourth-order valence-corrected chi connectivity index (χ4v) is 3.36. The highest BCUT2D eigenvalue weighted by Crippen LogP contribution is 2.38. The third-order valence-electron chi connectivity index (χ3n) is 4.32. The van der Waals surface area contributed by atoms with E-state index in [0.717, 1.165) is 6.61 Å². The molecule has 0 spiro atoms. The molecule has 3 aliphatic rings. The van der Waals surface area contributed by atoms with Gasteiger partial charge < -0.3 is 10.1 Å². The summed E-state index contributed by atoms with van der Waals surface area (Å²) in [7, 11) is 0. The molecule has 1 saturated carbocycles. The lowest BCUT2D eigenvalue weighted by molar-refractivity contribution is 0.162. The molecule has 5 nitrogen and oxygen atoms in total. The standard InChI is InChI=1S/C12H18N4O/c13-16-14-7-12-8-17-6-10(12)5-9-3-1-2-4-11(9)15-12/h5,10-11,15H,1-4,6-8H2/t10-,11-,12-/m0/s1. The molecule has 3 atom stereocenters. The van der Waals surface area contributed by atoms with Crippen molar-refractivity contribution in [3.05, 3.63) is 22.1 Å². The van der Waals surface area contributed by atoms with Gasteiger partial charge in [0.1, 0.15) is 0 Å². The van der Waals surface area contributed by atoms with Crippen molar-refractivity contribution in [1.29, 1.82) is 0 Å². The summed E-state index contributed by atoms with van der Waals surface area (Å²) in [4.78, 5) is 2.90. The van der Waals surface area contributed by atoms with Gasteiger partial charge in [-0.15, -0.1) is 0 Å². The first-order chi connectivity index (χ1) is 8.34. The van der Waals surface area contributed by atoms with Crippen LogP contribution in [0.25, 0.3) is 10.4 Å². The summed E-state index contributed by atoms with van der Waals surface area (Å²) in [5, 5.41) is 7.48. The molecule has 0 aromatic rings. The highest BCUT2D eigenvalue weighted by Gasteiger charge is 2.47. The summed E-state index contributed by atoms with van der Waals surface area (Å²) in [6.07, 6.45) is 7.40. The van der Waals surface area contributed by atoms with Crippen LogP contribution in [0.2, 0.25) is 0 Å². The molecule has 92 valence electrons. The van der Waals surface area contributed by atoms with E-state index < -0.39 is 0 Å². The van der Waals surface area contributed by atoms with Crippen LogP contribution in [0.15, 0.2) is 16.8 Å². The Morgan fingerprint density at radius 1 is 1.59 bits per heavy atom. The summed E-state index contributed by atoms with van der Waals surface area (Å²) >= 11 is 0. The average Bonchev–Trinajstić information content (AvgIpc) is 2.76. The normalized spacial score (nSPS) is 39.9. The second-order valence-electron chi connectivity index (χ2n) is 5.35. The number of fused-ring (bicyclic) bond motifs is 2. The highest BCUT2D eigenvalue weighted by molar-refractivity contribution is 5.25. The predicted octanol–water partition coefficient (Wildman–Crippen LogP) is 2.15. The first-order valence-electron chi connectivity index (χ1n) is 6.41. The van der Waals surface area contributed by atoms with E-state index in [1.807, 2.05) is 0 Å². The van der Waals surface area contributed by atoms with Crippen LogP contribution in [-0.4, -0.2) is 31.3 Å². The van der Waals surface area contributed by atoms with Crippen molar-refractivity contribution in [1.82, 2.24) is 5.32 Å². The first kappa shape index (κ1) is 11.1. The van der Waals surface area contributed by atoms with Gasteiger partial charge in [0, 0.05) is 23.4 Å². The largest absolute Gasteiger partial charge is 0.379 e. The van der Waals surface area contributed by atoms with E-state index >= 15 is 0 Å². The van der Waals surface area contributed by atoms with E-state index in [1.54, 1.807) is 5.57 Å². The number of hydrogen-bond donors (Lipinski definition) is 1. The topological polar surface area (TPSA) is 70.0 Å². The maximum absolute atomic E-state index is 8.52. The number of rotatable bonds is 2. The van der Waals surface area contributed by atoms with E-state index in [1.165, 1.54) is 25.7 Å². The minimum atomic E-state index is -0.141. The highest BCUT2D eigenvalue weighted by atomic mass is 16.5. The Balaban J connectivity index is 1.88. The molecule has 3 rings (SSSR count). The Hall–Kier alpha value is -1.03. The third kappa shape index (κ3) is 1.84. The molecule has 0 radical (unpaired) electrons. The van der Waals surface area contributed by atoms with Gasteiger partial charge in [-0.2, -0.15) is 0 Å². The van der Waals surface area contributed by atoms with E-state index in [9.17, 15) is 0 Å². The van der Waals surface area contributed by atoms with Crippen molar-refractivity contribution in [3.63, 3.8) is 0 Å². The van der Waals surface area contributed by atoms with Crippen molar-refractivity contribution >= 4 is 0 Å². The molecule has 0 amide bonds. The number of nitrogens with one attached hydrogen (secondary N) is 1. The van der Waals surface area contributed by atoms with E-state index in [4.69, 9.17) is 10.3 Å². The molecule has 0 aromatic carbocycles. The molecule has 5 heteroatoms. The Bertz CT molecular complexity index is 388. The quantitative estimate of drug-likeness (QED) is 0.344. The molecule has 1 aliphatic carbocycles. The lowest BCUT2D eigenvalue weighted by Gasteiger charge is -2.43. The Morgan fingerprint density at radius 3 is 3.41 bits per heavy atom. The predicted molar refractivity (Wildman–Crippen MR) is 64.5 cm³/mol. The van der Waals surface area contributed by atoms with Crippen LogP contribution in [0.4, 0.5) is 0 Å². The number of ether oxygens (including phenoxy) is 1. The van der Waals surface area contributed by atoms with Gasteiger partial charge in [0.2, 0.25) is 0 Å². The molecule has 1 saturated heterocycles. The van der Waals surface area contributed by atoms with Gasteiger partial charge in [-0.05, 0) is 24.8 Å². The van der Waals surface area contributed by atoms with Gasteiger partial charge in [0.05, 0.1) is 18.8 Å². The molecule has 2 aliphatic heterocycles. The number of azide groups is 1. The van der Waals surface area contributed by atoms with Gasteiger partial charge in [0.25, 0.3) is 0 Å². The zero-order chi connectivity index (χ0) is 11.7. The molecule has 0 aromatic heterocycles. The summed E-state index contributed by atoms with van der Waals surface area (Å²) in [6.45, 7) is 1.91. The van der Waals surface area contributed by atoms with Crippen LogP contribution >= 0.6 is 0 Å². The fraction of sp³-hybridized carbons (Fsp3) is 0.833. The maximum atomic E-state index is 8.52. The minimum absolute atomic E-state index is 0.141. The number of nitrogens with zero attached hydrogens (tertiary/aromatic N) is 3. The van der Waals surface area contributed by atoms with Gasteiger partial charge in [-0.1, -0.05) is 23.2 Å². The van der Waals surface area contributed by atoms with Crippen molar-refractivity contribution in [3.8, 4) is 0 Å². The minimum Gasteiger partial charge on any atom is -0.379 e. The van der Waals surface area contributed by atoms with Gasteiger partial charge >= 0.3 is 0 Å². The third-order valence-corrected chi connectivity index (χ3v) is 4.32. The smallest absolute Gasteiger partial charge is 0.0656 e. The molecular formula is C12H18N4O. The number of hydrogen-bond acceptors (Lipinski definition) is 3. The van der Waals surface area contributed by atoms with Gasteiger partial charge in [-0.3, -0.25) is 0 Å². The Labute approximate surface area is 101 Å². The zero-order valence-electron chi connectivity index (χ0n) is 9.93. The molecule has 2 heterocycles. The van der Waals surface area contributed by atoms with E-state index in [-0.39, 0.29) is 5.54 Å². The van der Waals surface area contributed by atoms with Gasteiger partial charge in [0.15, 0.2) is 0 Å². The molecule has 1 N–H and O–H groups in total. The van der Waals surface area contributed by atoms with Crippen molar-refractivity contribution in [2.24, 2.45) is 11.0 Å². The van der Waals surface area contributed by atoms with E-state index in [0.29, 0.717) is 25.1 Å². The van der Waals surface area contributed by atoms with Crippen molar-refractivity contribution < 1.29 is 4.74 Å². The lowest BCUT2D eigenvalue weighted by atomic mass is 9.76. The molecule has 0 bridgehead atoms. The van der Waals surface area contributed by atoms with Crippen LogP contribution in [0.5, 0.6) is 0 Å². The lowest BCUT2D eigenvalue weighted by Crippen LogP contribution is -2.60. The summed E-state index contributed by atoms with van der Waals surface area (Å²) < 4.78 is 5.61. The van der Waals surface area contributed by atoms with Crippen molar-refractivity contribution in [2.45, 2.75) is 37.3 Å². The molecule has 0 unspecified atom stereocenters. The maximum Gasteiger partial charge on any atom is 0.0656 e.